The second-order valence-corrected chi connectivity index (χ2v) is 7.02. The van der Waals surface area contributed by atoms with Crippen LogP contribution in [0.5, 0.6) is 0 Å². The number of carboxylic acids is 1. The minimum absolute atomic E-state index is 0.110. The topological polar surface area (TPSA) is 68.9 Å². The predicted molar refractivity (Wildman–Crippen MR) is 110 cm³/mol. The van der Waals surface area contributed by atoms with Crippen molar-refractivity contribution in [3.05, 3.63) is 70.0 Å². The summed E-state index contributed by atoms with van der Waals surface area (Å²) < 4.78 is 0. The molecule has 136 valence electrons. The number of nitrogens with one attached hydrogen (secondary N) is 2. The van der Waals surface area contributed by atoms with Crippen molar-refractivity contribution in [2.24, 2.45) is 0 Å². The Bertz CT molecular complexity index is 1170. The third kappa shape index (κ3) is 2.82. The molecule has 0 aliphatic carbocycles. The van der Waals surface area contributed by atoms with E-state index in [1.54, 1.807) is 18.2 Å². The molecule has 27 heavy (non-hydrogen) atoms. The zero-order chi connectivity index (χ0) is 19.1. The summed E-state index contributed by atoms with van der Waals surface area (Å²) in [4.78, 5) is 18.3. The van der Waals surface area contributed by atoms with Gasteiger partial charge in [0.25, 0.3) is 0 Å². The summed E-state index contributed by atoms with van der Waals surface area (Å²) in [5, 5.41) is 11.6. The minimum atomic E-state index is -1.04. The summed E-state index contributed by atoms with van der Waals surface area (Å²) >= 11 is 12.6. The summed E-state index contributed by atoms with van der Waals surface area (Å²) in [7, 11) is 0. The summed E-state index contributed by atoms with van der Waals surface area (Å²) in [6.45, 7) is 2.00. The number of aromatic carboxylic acids is 1. The Kier molecular flexibility index (Phi) is 4.46. The maximum absolute atomic E-state index is 12.0. The molecule has 3 N–H and O–H groups in total. The minimum Gasteiger partial charge on any atom is -0.477 e. The van der Waals surface area contributed by atoms with Crippen LogP contribution in [-0.4, -0.2) is 21.0 Å². The molecule has 0 saturated heterocycles. The monoisotopic (exact) mass is 398 g/mol. The highest BCUT2D eigenvalue weighted by atomic mass is 35.5. The molecule has 0 spiro atoms. The second-order valence-electron chi connectivity index (χ2n) is 6.23. The van der Waals surface area contributed by atoms with Crippen molar-refractivity contribution in [3.63, 3.8) is 0 Å². The Morgan fingerprint density at radius 1 is 1.07 bits per heavy atom. The smallest absolute Gasteiger partial charge is 0.352 e. The first-order chi connectivity index (χ1) is 13.0. The first-order valence-corrected chi connectivity index (χ1v) is 9.27. The number of H-pyrrole nitrogens is 2. The van der Waals surface area contributed by atoms with Crippen molar-refractivity contribution in [3.8, 4) is 22.4 Å². The van der Waals surface area contributed by atoms with Crippen LogP contribution in [0.15, 0.2) is 48.7 Å². The molecule has 2 aromatic carbocycles. The normalized spacial score (nSPS) is 11.2. The zero-order valence-electron chi connectivity index (χ0n) is 14.4. The summed E-state index contributed by atoms with van der Waals surface area (Å²) in [5.41, 5.74) is 4.91. The lowest BCUT2D eigenvalue weighted by Crippen LogP contribution is -2.00. The molecule has 0 radical (unpaired) electrons. The van der Waals surface area contributed by atoms with E-state index < -0.39 is 5.97 Å². The second kappa shape index (κ2) is 6.80. The molecule has 6 heteroatoms. The van der Waals surface area contributed by atoms with Gasteiger partial charge in [-0.1, -0.05) is 54.4 Å². The Labute approximate surface area is 165 Å². The molecule has 2 aromatic heterocycles. The molecule has 4 rings (SSSR count). The van der Waals surface area contributed by atoms with Gasteiger partial charge < -0.3 is 15.1 Å². The lowest BCUT2D eigenvalue weighted by molar-refractivity contribution is 0.0692. The van der Waals surface area contributed by atoms with Gasteiger partial charge in [0.05, 0.1) is 15.7 Å². The summed E-state index contributed by atoms with van der Waals surface area (Å²) in [6.07, 6.45) is 2.51. The molecule has 0 unspecified atom stereocenters. The van der Waals surface area contributed by atoms with E-state index in [-0.39, 0.29) is 5.69 Å². The van der Waals surface area contributed by atoms with E-state index in [1.165, 1.54) is 0 Å². The van der Waals surface area contributed by atoms with Crippen molar-refractivity contribution in [1.82, 2.24) is 9.97 Å². The molecule has 0 bridgehead atoms. The molecule has 2 heterocycles. The van der Waals surface area contributed by atoms with Crippen molar-refractivity contribution < 1.29 is 9.90 Å². The highest BCUT2D eigenvalue weighted by Gasteiger charge is 2.25. The van der Waals surface area contributed by atoms with Crippen molar-refractivity contribution in [2.75, 3.05) is 0 Å². The van der Waals surface area contributed by atoms with Crippen LogP contribution in [0.25, 0.3) is 33.3 Å². The van der Waals surface area contributed by atoms with E-state index in [9.17, 15) is 9.90 Å². The molecule has 4 nitrogen and oxygen atoms in total. The number of carbonyl (C=O) groups is 1. The van der Waals surface area contributed by atoms with Crippen LogP contribution in [0.1, 0.15) is 23.0 Å². The molecule has 0 fully saturated rings. The number of hydrogen-bond acceptors (Lipinski definition) is 1. The number of carboxylic acid groups (broad SMARTS) is 1. The van der Waals surface area contributed by atoms with E-state index in [0.717, 1.165) is 27.7 Å². The molecule has 4 aromatic rings. The van der Waals surface area contributed by atoms with Gasteiger partial charge in [0.15, 0.2) is 0 Å². The van der Waals surface area contributed by atoms with Crippen LogP contribution in [-0.2, 0) is 6.42 Å². The van der Waals surface area contributed by atoms with Gasteiger partial charge in [-0.15, -0.1) is 0 Å². The van der Waals surface area contributed by atoms with Gasteiger partial charge in [0.1, 0.15) is 5.69 Å². The number of halogens is 2. The van der Waals surface area contributed by atoms with Crippen LogP contribution >= 0.6 is 23.2 Å². The fourth-order valence-corrected chi connectivity index (χ4v) is 3.98. The van der Waals surface area contributed by atoms with Crippen molar-refractivity contribution in [1.29, 1.82) is 0 Å². The Hall–Kier alpha value is -2.69. The number of aromatic nitrogens is 2. The van der Waals surface area contributed by atoms with Gasteiger partial charge >= 0.3 is 5.97 Å². The van der Waals surface area contributed by atoms with Gasteiger partial charge in [-0.2, -0.15) is 0 Å². The Balaban J connectivity index is 2.08. The summed E-state index contributed by atoms with van der Waals surface area (Å²) in [5.74, 6) is -1.04. The number of fused-ring (bicyclic) bond motifs is 1. The van der Waals surface area contributed by atoms with Gasteiger partial charge in [0.2, 0.25) is 0 Å². The first-order valence-electron chi connectivity index (χ1n) is 8.52. The van der Waals surface area contributed by atoms with Crippen LogP contribution in [0.4, 0.5) is 0 Å². The van der Waals surface area contributed by atoms with Crippen molar-refractivity contribution in [2.45, 2.75) is 13.3 Å². The third-order valence-electron chi connectivity index (χ3n) is 4.76. The molecule has 0 amide bonds. The SMILES string of the molecule is CCc1c(-c2cccc3[nH]ccc23)[nH]c(C(=O)O)c1-c1cccc(Cl)c1Cl. The molecule has 0 aliphatic heterocycles. The average molecular weight is 399 g/mol. The molecular weight excluding hydrogens is 383 g/mol. The number of rotatable bonds is 4. The van der Waals surface area contributed by atoms with Gasteiger partial charge in [0, 0.05) is 33.8 Å². The van der Waals surface area contributed by atoms with Crippen LogP contribution in [0, 0.1) is 0 Å². The quantitative estimate of drug-likeness (QED) is 0.372. The average Bonchev–Trinajstić information content (AvgIpc) is 3.28. The van der Waals surface area contributed by atoms with E-state index >= 15 is 0 Å². The Morgan fingerprint density at radius 2 is 1.81 bits per heavy atom. The van der Waals surface area contributed by atoms with Gasteiger partial charge in [-0.3, -0.25) is 0 Å². The van der Waals surface area contributed by atoms with Crippen molar-refractivity contribution >= 4 is 40.1 Å². The number of hydrogen-bond donors (Lipinski definition) is 3. The van der Waals surface area contributed by atoms with Crippen LogP contribution in [0.3, 0.4) is 0 Å². The van der Waals surface area contributed by atoms with Crippen LogP contribution < -0.4 is 0 Å². The lowest BCUT2D eigenvalue weighted by Gasteiger charge is -2.10. The first kappa shape index (κ1) is 17.7. The fraction of sp³-hybridized carbons (Fsp3) is 0.0952. The maximum Gasteiger partial charge on any atom is 0.352 e. The molecular formula is C21H16Cl2N2O2. The van der Waals surface area contributed by atoms with E-state index in [4.69, 9.17) is 23.2 Å². The van der Waals surface area contributed by atoms with E-state index in [2.05, 4.69) is 9.97 Å². The molecule has 0 atom stereocenters. The lowest BCUT2D eigenvalue weighted by atomic mass is 9.95. The highest BCUT2D eigenvalue weighted by Crippen LogP contribution is 2.42. The third-order valence-corrected chi connectivity index (χ3v) is 5.58. The standard InChI is InChI=1S/C21H16Cl2N2O2/c1-2-11-17(14-6-3-7-15(22)18(14)23)20(21(26)27)25-19(11)13-5-4-8-16-12(13)9-10-24-16/h3-10,24-25H,2H2,1H3,(H,26,27). The maximum atomic E-state index is 12.0. The van der Waals surface area contributed by atoms with Gasteiger partial charge in [-0.25, -0.2) is 4.79 Å². The number of benzene rings is 2. The fourth-order valence-electron chi connectivity index (χ4n) is 3.58. The largest absolute Gasteiger partial charge is 0.477 e. The summed E-state index contributed by atoms with van der Waals surface area (Å²) in [6, 6.07) is 13.2. The number of aromatic amines is 2. The van der Waals surface area contributed by atoms with Gasteiger partial charge in [-0.05, 0) is 30.2 Å². The van der Waals surface area contributed by atoms with E-state index in [1.807, 2.05) is 37.4 Å². The molecule has 0 saturated carbocycles. The highest BCUT2D eigenvalue weighted by molar-refractivity contribution is 6.43. The van der Waals surface area contributed by atoms with Crippen LogP contribution in [0.2, 0.25) is 10.0 Å². The van der Waals surface area contributed by atoms with E-state index in [0.29, 0.717) is 27.6 Å². The zero-order valence-corrected chi connectivity index (χ0v) is 15.9. The predicted octanol–water partition coefficient (Wildman–Crippen LogP) is 6.40. The Morgan fingerprint density at radius 3 is 2.56 bits per heavy atom. The molecule has 0 aliphatic rings.